The van der Waals surface area contributed by atoms with Gasteiger partial charge in [-0.3, -0.25) is 9.78 Å². The lowest BCUT2D eigenvalue weighted by Crippen LogP contribution is -2.27. The number of nitrogens with zero attached hydrogens (tertiary/aromatic N) is 5. The summed E-state index contributed by atoms with van der Waals surface area (Å²) in [5, 5.41) is 7.86. The van der Waals surface area contributed by atoms with Gasteiger partial charge in [-0.15, -0.1) is 0 Å². The van der Waals surface area contributed by atoms with Crippen LogP contribution in [0.2, 0.25) is 0 Å². The van der Waals surface area contributed by atoms with Crippen molar-refractivity contribution in [2.24, 2.45) is 5.73 Å². The van der Waals surface area contributed by atoms with E-state index in [-0.39, 0.29) is 29.8 Å². The van der Waals surface area contributed by atoms with Gasteiger partial charge in [0.25, 0.3) is 0 Å². The monoisotopic (exact) mass is 517 g/mol. The van der Waals surface area contributed by atoms with Crippen LogP contribution >= 0.6 is 0 Å². The van der Waals surface area contributed by atoms with Crippen molar-refractivity contribution in [3.63, 3.8) is 0 Å². The molecule has 0 unspecified atom stereocenters. The second-order valence-electron chi connectivity index (χ2n) is 10.2. The number of benzene rings is 1. The molecule has 2 atom stereocenters. The van der Waals surface area contributed by atoms with Crippen molar-refractivity contribution >= 4 is 23.1 Å². The zero-order valence-electron chi connectivity index (χ0n) is 20.9. The van der Waals surface area contributed by atoms with E-state index >= 15 is 8.78 Å². The van der Waals surface area contributed by atoms with Crippen LogP contribution in [0.4, 0.5) is 20.4 Å². The summed E-state index contributed by atoms with van der Waals surface area (Å²) in [6, 6.07) is 8.03. The summed E-state index contributed by atoms with van der Waals surface area (Å²) in [5.41, 5.74) is 9.17. The fourth-order valence-corrected chi connectivity index (χ4v) is 5.65. The van der Waals surface area contributed by atoms with Crippen molar-refractivity contribution in [2.45, 2.75) is 57.0 Å². The average Bonchev–Trinajstić information content (AvgIpc) is 3.49. The lowest BCUT2D eigenvalue weighted by atomic mass is 9.81. The zero-order chi connectivity index (χ0) is 26.2. The molecule has 1 aliphatic heterocycles. The summed E-state index contributed by atoms with van der Waals surface area (Å²) in [6.07, 6.45) is 10.5. The number of rotatable bonds is 6. The van der Waals surface area contributed by atoms with Gasteiger partial charge in [0.1, 0.15) is 11.6 Å². The van der Waals surface area contributed by atoms with Gasteiger partial charge in [-0.2, -0.15) is 9.61 Å². The Kier molecular flexibility index (Phi) is 6.49. The molecular formula is C28H29F2N7O. The van der Waals surface area contributed by atoms with Gasteiger partial charge in [0, 0.05) is 31.7 Å². The molecule has 0 radical (unpaired) electrons. The van der Waals surface area contributed by atoms with Crippen LogP contribution in [0.3, 0.4) is 0 Å². The van der Waals surface area contributed by atoms with Gasteiger partial charge in [-0.05, 0) is 73.1 Å². The Morgan fingerprint density at radius 2 is 1.92 bits per heavy atom. The summed E-state index contributed by atoms with van der Waals surface area (Å²) in [5.74, 6) is -0.712. The van der Waals surface area contributed by atoms with Crippen LogP contribution < -0.4 is 11.1 Å². The first kappa shape index (κ1) is 24.4. The van der Waals surface area contributed by atoms with Crippen LogP contribution in [0, 0.1) is 11.6 Å². The molecule has 38 heavy (non-hydrogen) atoms. The Hall–Kier alpha value is -3.92. The van der Waals surface area contributed by atoms with Crippen LogP contribution in [-0.4, -0.2) is 43.0 Å². The smallest absolute Gasteiger partial charge is 0.229 e. The number of halogens is 2. The molecule has 196 valence electrons. The van der Waals surface area contributed by atoms with E-state index in [2.05, 4.69) is 20.4 Å². The number of hydrogen-bond acceptors (Lipinski definition) is 6. The first-order valence-corrected chi connectivity index (χ1v) is 13.0. The number of pyridine rings is 1. The Balaban J connectivity index is 1.30. The minimum Gasteiger partial charge on any atom is -0.338 e. The number of nitrogens with one attached hydrogen (secondary N) is 1. The fraction of sp³-hybridized carbons (Fsp3) is 0.357. The predicted octanol–water partition coefficient (Wildman–Crippen LogP) is 4.92. The molecule has 0 spiro atoms. The molecule has 0 bridgehead atoms. The number of carbonyl (C=O) groups is 1. The third kappa shape index (κ3) is 4.71. The molecule has 4 aromatic rings. The van der Waals surface area contributed by atoms with E-state index in [1.165, 1.54) is 16.6 Å². The van der Waals surface area contributed by atoms with Gasteiger partial charge in [0.2, 0.25) is 11.9 Å². The highest BCUT2D eigenvalue weighted by atomic mass is 19.1. The quantitative estimate of drug-likeness (QED) is 0.377. The van der Waals surface area contributed by atoms with Gasteiger partial charge in [0.15, 0.2) is 0 Å². The molecule has 8 nitrogen and oxygen atoms in total. The maximum atomic E-state index is 15.2. The molecule has 3 N–H and O–H groups in total. The normalized spacial score (nSPS) is 19.9. The average molecular weight is 518 g/mol. The minimum atomic E-state index is -0.726. The van der Waals surface area contributed by atoms with E-state index in [1.54, 1.807) is 35.6 Å². The first-order chi connectivity index (χ1) is 18.5. The lowest BCUT2D eigenvalue weighted by Gasteiger charge is -2.28. The Bertz CT molecular complexity index is 1480. The van der Waals surface area contributed by atoms with Crippen LogP contribution in [0.25, 0.3) is 16.8 Å². The summed E-state index contributed by atoms with van der Waals surface area (Å²) < 4.78 is 31.9. The molecule has 6 rings (SSSR count). The third-order valence-corrected chi connectivity index (χ3v) is 7.54. The van der Waals surface area contributed by atoms with Crippen LogP contribution in [-0.2, 0) is 11.3 Å². The molecular weight excluding hydrogens is 488 g/mol. The molecule has 1 saturated heterocycles. The van der Waals surface area contributed by atoms with E-state index in [0.29, 0.717) is 35.9 Å². The molecule has 1 aromatic carbocycles. The number of likely N-dealkylation sites (tertiary alicyclic amines) is 1. The summed E-state index contributed by atoms with van der Waals surface area (Å²) >= 11 is 0. The number of amides is 1. The fourth-order valence-electron chi connectivity index (χ4n) is 5.65. The number of hydrogen-bond donors (Lipinski definition) is 2. The largest absolute Gasteiger partial charge is 0.338 e. The standard InChI is InChI=1S/C28H29F2N7O/c29-22-11-17(16-36-10-2-5-26(36)38)12-23(30)27(22)24-7-6-20-14-33-28(37(20)35-24)34-25-15-32-9-8-21(25)18-3-1-4-19(31)13-18/h6-9,11-12,14-15,18-19H,1-5,10,13,16,31H2,(H,33,34)/t18-,19+/m1/s1. The number of aromatic nitrogens is 4. The highest BCUT2D eigenvalue weighted by Crippen LogP contribution is 2.36. The molecule has 3 aromatic heterocycles. The Morgan fingerprint density at radius 1 is 1.08 bits per heavy atom. The lowest BCUT2D eigenvalue weighted by molar-refractivity contribution is -0.128. The predicted molar refractivity (Wildman–Crippen MR) is 140 cm³/mol. The molecule has 1 aliphatic carbocycles. The maximum absolute atomic E-state index is 15.2. The van der Waals surface area contributed by atoms with Crippen molar-refractivity contribution in [1.82, 2.24) is 24.5 Å². The molecule has 10 heteroatoms. The van der Waals surface area contributed by atoms with Crippen molar-refractivity contribution in [2.75, 3.05) is 11.9 Å². The first-order valence-electron chi connectivity index (χ1n) is 13.0. The number of imidazole rings is 1. The van der Waals surface area contributed by atoms with Gasteiger partial charge in [-0.1, -0.05) is 6.42 Å². The SMILES string of the molecule is N[C@H]1CCC[C@@H](c2ccncc2Nc2ncc3ccc(-c4c(F)cc(CN5CCCC5=O)cc4F)nn23)C1. The van der Waals surface area contributed by atoms with E-state index in [1.807, 2.05) is 6.07 Å². The summed E-state index contributed by atoms with van der Waals surface area (Å²) in [4.78, 5) is 22.3. The van der Waals surface area contributed by atoms with Crippen LogP contribution in [0.5, 0.6) is 0 Å². The maximum Gasteiger partial charge on any atom is 0.229 e. The topological polar surface area (TPSA) is 101 Å². The van der Waals surface area contributed by atoms with Gasteiger partial charge in [0.05, 0.1) is 34.9 Å². The molecule has 2 aliphatic rings. The van der Waals surface area contributed by atoms with E-state index in [0.717, 1.165) is 43.4 Å². The number of anilines is 2. The van der Waals surface area contributed by atoms with Crippen molar-refractivity contribution < 1.29 is 13.6 Å². The van der Waals surface area contributed by atoms with Crippen molar-refractivity contribution in [3.8, 4) is 11.3 Å². The van der Waals surface area contributed by atoms with Crippen molar-refractivity contribution in [1.29, 1.82) is 0 Å². The van der Waals surface area contributed by atoms with Gasteiger partial charge < -0.3 is 16.0 Å². The third-order valence-electron chi connectivity index (χ3n) is 7.54. The second-order valence-corrected chi connectivity index (χ2v) is 10.2. The van der Waals surface area contributed by atoms with E-state index in [4.69, 9.17) is 5.73 Å². The summed E-state index contributed by atoms with van der Waals surface area (Å²) in [6.45, 7) is 0.791. The van der Waals surface area contributed by atoms with Crippen molar-refractivity contribution in [3.05, 3.63) is 71.7 Å². The van der Waals surface area contributed by atoms with Gasteiger partial charge >= 0.3 is 0 Å². The second kappa shape index (κ2) is 10.1. The molecule has 1 saturated carbocycles. The van der Waals surface area contributed by atoms with E-state index in [9.17, 15) is 4.79 Å². The molecule has 1 amide bonds. The van der Waals surface area contributed by atoms with Gasteiger partial charge in [-0.25, -0.2) is 13.8 Å². The zero-order valence-corrected chi connectivity index (χ0v) is 20.9. The minimum absolute atomic E-state index is 0.00486. The number of nitrogens with two attached hydrogens (primary N) is 1. The molecule has 2 fully saturated rings. The molecule has 4 heterocycles. The Labute approximate surface area is 218 Å². The number of carbonyl (C=O) groups excluding carboxylic acids is 1. The van der Waals surface area contributed by atoms with Crippen LogP contribution in [0.15, 0.2) is 48.9 Å². The highest BCUT2D eigenvalue weighted by molar-refractivity contribution is 5.78. The van der Waals surface area contributed by atoms with Crippen LogP contribution in [0.1, 0.15) is 55.6 Å². The Morgan fingerprint density at radius 3 is 2.68 bits per heavy atom. The van der Waals surface area contributed by atoms with E-state index < -0.39 is 11.6 Å². The highest BCUT2D eigenvalue weighted by Gasteiger charge is 2.24. The summed E-state index contributed by atoms with van der Waals surface area (Å²) in [7, 11) is 0. The number of fused-ring (bicyclic) bond motifs is 1.